The van der Waals surface area contributed by atoms with Crippen LogP contribution < -0.4 is 10.6 Å². The zero-order valence-corrected chi connectivity index (χ0v) is 14.5. The lowest BCUT2D eigenvalue weighted by molar-refractivity contribution is 0.0950. The molecular weight excluding hydrogens is 336 g/mol. The second-order valence-corrected chi connectivity index (χ2v) is 6.03. The van der Waals surface area contributed by atoms with Gasteiger partial charge in [0.05, 0.1) is 16.3 Å². The number of hydrogen-bond acceptors (Lipinski definition) is 4. The number of dihydropyridines is 1. The number of rotatable bonds is 4. The van der Waals surface area contributed by atoms with Crippen LogP contribution in [0.25, 0.3) is 5.70 Å². The number of aromatic nitrogens is 2. The third-order valence-corrected chi connectivity index (χ3v) is 4.02. The molecule has 2 heterocycles. The van der Waals surface area contributed by atoms with E-state index in [0.29, 0.717) is 23.0 Å². The molecule has 1 aliphatic rings. The summed E-state index contributed by atoms with van der Waals surface area (Å²) in [6.45, 7) is 6.02. The maximum atomic E-state index is 12.3. The second-order valence-electron chi connectivity index (χ2n) is 5.62. The molecule has 126 valence electrons. The largest absolute Gasteiger partial charge is 0.353 e. The lowest BCUT2D eigenvalue weighted by Gasteiger charge is -2.13. The van der Waals surface area contributed by atoms with E-state index in [2.05, 4.69) is 27.2 Å². The molecular formula is C19H17ClN4O. The van der Waals surface area contributed by atoms with E-state index in [9.17, 15) is 4.79 Å². The Balaban J connectivity index is 1.66. The molecule has 1 aromatic heterocycles. The Hall–Kier alpha value is -2.92. The number of nitrogens with zero attached hydrogens (tertiary/aromatic N) is 2. The SMILES string of the molecule is C=C1C=CC=C(c2ncc(CNC(=O)c3c(C)cccc3Cl)cn2)N1. The van der Waals surface area contributed by atoms with Gasteiger partial charge in [-0.2, -0.15) is 0 Å². The maximum absolute atomic E-state index is 12.3. The van der Waals surface area contributed by atoms with Gasteiger partial charge in [0, 0.05) is 30.2 Å². The van der Waals surface area contributed by atoms with Gasteiger partial charge in [-0.25, -0.2) is 9.97 Å². The number of carbonyl (C=O) groups excluding carboxylic acids is 1. The van der Waals surface area contributed by atoms with Crippen LogP contribution in [-0.4, -0.2) is 15.9 Å². The quantitative estimate of drug-likeness (QED) is 0.885. The first kappa shape index (κ1) is 16.9. The summed E-state index contributed by atoms with van der Waals surface area (Å²) >= 11 is 6.11. The van der Waals surface area contributed by atoms with Gasteiger partial charge in [0.1, 0.15) is 0 Å². The lowest BCUT2D eigenvalue weighted by atomic mass is 10.1. The van der Waals surface area contributed by atoms with E-state index < -0.39 is 0 Å². The van der Waals surface area contributed by atoms with Crippen molar-refractivity contribution in [2.45, 2.75) is 13.5 Å². The monoisotopic (exact) mass is 352 g/mol. The molecule has 2 N–H and O–H groups in total. The summed E-state index contributed by atoms with van der Waals surface area (Å²) < 4.78 is 0. The first-order valence-electron chi connectivity index (χ1n) is 7.73. The van der Waals surface area contributed by atoms with Crippen LogP contribution in [-0.2, 0) is 6.54 Å². The molecule has 1 aliphatic heterocycles. The van der Waals surface area contributed by atoms with E-state index in [1.165, 1.54) is 0 Å². The fourth-order valence-corrected chi connectivity index (χ4v) is 2.73. The summed E-state index contributed by atoms with van der Waals surface area (Å²) in [6.07, 6.45) is 9.00. The third kappa shape index (κ3) is 3.95. The van der Waals surface area contributed by atoms with Gasteiger partial charge in [-0.3, -0.25) is 4.79 Å². The van der Waals surface area contributed by atoms with Crippen molar-refractivity contribution in [1.29, 1.82) is 0 Å². The molecule has 2 aromatic rings. The Kier molecular flexibility index (Phi) is 4.95. The van der Waals surface area contributed by atoms with E-state index in [1.807, 2.05) is 37.3 Å². The average Bonchev–Trinajstić information content (AvgIpc) is 2.60. The van der Waals surface area contributed by atoms with Crippen LogP contribution in [0.5, 0.6) is 0 Å². The van der Waals surface area contributed by atoms with Crippen LogP contribution in [0.2, 0.25) is 5.02 Å². The maximum Gasteiger partial charge on any atom is 0.253 e. The van der Waals surface area contributed by atoms with Gasteiger partial charge in [0.15, 0.2) is 5.82 Å². The summed E-state index contributed by atoms with van der Waals surface area (Å²) in [4.78, 5) is 21.0. The molecule has 1 amide bonds. The van der Waals surface area contributed by atoms with Crippen molar-refractivity contribution in [1.82, 2.24) is 20.6 Å². The second kappa shape index (κ2) is 7.32. The number of carbonyl (C=O) groups is 1. The predicted molar refractivity (Wildman–Crippen MR) is 98.8 cm³/mol. The zero-order valence-electron chi connectivity index (χ0n) is 13.7. The van der Waals surface area contributed by atoms with Crippen LogP contribution in [0, 0.1) is 6.92 Å². The highest BCUT2D eigenvalue weighted by atomic mass is 35.5. The highest BCUT2D eigenvalue weighted by Gasteiger charge is 2.13. The fraction of sp³-hybridized carbons (Fsp3) is 0.105. The van der Waals surface area contributed by atoms with Crippen molar-refractivity contribution in [2.24, 2.45) is 0 Å². The molecule has 0 unspecified atom stereocenters. The fourth-order valence-electron chi connectivity index (χ4n) is 2.42. The van der Waals surface area contributed by atoms with Gasteiger partial charge >= 0.3 is 0 Å². The molecule has 0 saturated carbocycles. The van der Waals surface area contributed by atoms with Crippen molar-refractivity contribution in [2.75, 3.05) is 0 Å². The van der Waals surface area contributed by atoms with Crippen molar-refractivity contribution < 1.29 is 4.79 Å². The minimum Gasteiger partial charge on any atom is -0.353 e. The molecule has 0 saturated heterocycles. The Bertz CT molecular complexity index is 865. The number of benzene rings is 1. The molecule has 5 nitrogen and oxygen atoms in total. The van der Waals surface area contributed by atoms with Gasteiger partial charge in [0.2, 0.25) is 0 Å². The number of halogens is 1. The van der Waals surface area contributed by atoms with Gasteiger partial charge in [-0.05, 0) is 30.7 Å². The summed E-state index contributed by atoms with van der Waals surface area (Å²) in [6, 6.07) is 5.37. The Labute approximate surface area is 151 Å². The van der Waals surface area contributed by atoms with Crippen molar-refractivity contribution in [3.05, 3.63) is 88.6 Å². The predicted octanol–water partition coefficient (Wildman–Crippen LogP) is 3.38. The van der Waals surface area contributed by atoms with Crippen LogP contribution in [0.4, 0.5) is 0 Å². The molecule has 0 fully saturated rings. The topological polar surface area (TPSA) is 66.9 Å². The highest BCUT2D eigenvalue weighted by molar-refractivity contribution is 6.34. The number of nitrogens with one attached hydrogen (secondary N) is 2. The molecule has 0 radical (unpaired) electrons. The van der Waals surface area contributed by atoms with Gasteiger partial charge < -0.3 is 10.6 Å². The van der Waals surface area contributed by atoms with E-state index >= 15 is 0 Å². The van der Waals surface area contributed by atoms with E-state index in [1.54, 1.807) is 18.5 Å². The molecule has 3 rings (SSSR count). The van der Waals surface area contributed by atoms with E-state index in [-0.39, 0.29) is 5.91 Å². The minimum atomic E-state index is -0.217. The van der Waals surface area contributed by atoms with E-state index in [0.717, 1.165) is 22.5 Å². The molecule has 0 bridgehead atoms. The Morgan fingerprint density at radius 2 is 2.08 bits per heavy atom. The van der Waals surface area contributed by atoms with Crippen molar-refractivity contribution >= 4 is 23.2 Å². The van der Waals surface area contributed by atoms with Gasteiger partial charge in [-0.1, -0.05) is 36.4 Å². The molecule has 6 heteroatoms. The number of hydrogen-bond donors (Lipinski definition) is 2. The van der Waals surface area contributed by atoms with Crippen LogP contribution in [0.3, 0.4) is 0 Å². The molecule has 25 heavy (non-hydrogen) atoms. The zero-order chi connectivity index (χ0) is 17.8. The Morgan fingerprint density at radius 1 is 1.32 bits per heavy atom. The van der Waals surface area contributed by atoms with E-state index in [4.69, 9.17) is 11.6 Å². The number of allylic oxidation sites excluding steroid dienone is 3. The molecule has 0 atom stereocenters. The molecule has 0 spiro atoms. The first-order valence-corrected chi connectivity index (χ1v) is 8.11. The molecule has 0 aliphatic carbocycles. The van der Waals surface area contributed by atoms with Crippen LogP contribution in [0.15, 0.2) is 61.1 Å². The average molecular weight is 353 g/mol. The Morgan fingerprint density at radius 3 is 2.76 bits per heavy atom. The van der Waals surface area contributed by atoms with Gasteiger partial charge in [-0.15, -0.1) is 0 Å². The van der Waals surface area contributed by atoms with Crippen LogP contribution in [0.1, 0.15) is 27.3 Å². The first-order chi connectivity index (χ1) is 12.0. The van der Waals surface area contributed by atoms with Crippen molar-refractivity contribution in [3.8, 4) is 0 Å². The lowest BCUT2D eigenvalue weighted by Crippen LogP contribution is -2.24. The molecule has 1 aromatic carbocycles. The minimum absolute atomic E-state index is 0.217. The normalized spacial score (nSPS) is 13.2. The standard InChI is InChI=1S/C19H17ClN4O/c1-12-5-3-7-15(20)17(12)19(25)23-11-14-9-21-18(22-10-14)16-8-4-6-13(2)24-16/h3-10,24H,2,11H2,1H3,(H,23,25). The summed E-state index contributed by atoms with van der Waals surface area (Å²) in [5.74, 6) is 0.354. The van der Waals surface area contributed by atoms with Gasteiger partial charge in [0.25, 0.3) is 5.91 Å². The summed E-state index contributed by atoms with van der Waals surface area (Å²) in [7, 11) is 0. The summed E-state index contributed by atoms with van der Waals surface area (Å²) in [5, 5.41) is 6.39. The number of aryl methyl sites for hydroxylation is 1. The van der Waals surface area contributed by atoms with Crippen molar-refractivity contribution in [3.63, 3.8) is 0 Å². The summed E-state index contributed by atoms with van der Waals surface area (Å²) in [5.41, 5.74) is 3.69. The highest BCUT2D eigenvalue weighted by Crippen LogP contribution is 2.19. The van der Waals surface area contributed by atoms with Crippen LogP contribution >= 0.6 is 11.6 Å². The smallest absolute Gasteiger partial charge is 0.253 e. The number of amides is 1. The third-order valence-electron chi connectivity index (χ3n) is 3.70.